The summed E-state index contributed by atoms with van der Waals surface area (Å²) >= 11 is 1.34. The molecule has 28 heavy (non-hydrogen) atoms. The number of benzene rings is 2. The molecule has 148 valence electrons. The van der Waals surface area contributed by atoms with Crippen LogP contribution in [0.15, 0.2) is 47.6 Å². The van der Waals surface area contributed by atoms with E-state index in [0.717, 1.165) is 47.7 Å². The number of rotatable bonds is 9. The van der Waals surface area contributed by atoms with Gasteiger partial charge in [0.15, 0.2) is 16.8 Å². The number of aryl methyl sites for hydroxylation is 1. The first kappa shape index (κ1) is 20.3. The number of hydrogen-bond acceptors (Lipinski definition) is 3. The van der Waals surface area contributed by atoms with Crippen LogP contribution in [0.2, 0.25) is 0 Å². The normalized spacial score (nSPS) is 11.1. The van der Waals surface area contributed by atoms with Crippen molar-refractivity contribution in [3.8, 4) is 0 Å². The van der Waals surface area contributed by atoms with E-state index < -0.39 is 11.6 Å². The summed E-state index contributed by atoms with van der Waals surface area (Å²) in [7, 11) is 0. The number of anilines is 1. The fourth-order valence-electron chi connectivity index (χ4n) is 2.98. The molecule has 3 rings (SSSR count). The zero-order valence-corrected chi connectivity index (χ0v) is 16.6. The van der Waals surface area contributed by atoms with Gasteiger partial charge >= 0.3 is 0 Å². The monoisotopic (exact) mass is 403 g/mol. The standard InChI is InChI=1S/C21H23F2N3OS/c1-2-3-4-7-12-26-19-9-6-5-8-18(19)25-21(26)28-14-20(27)24-15-10-11-16(22)17(23)13-15/h5-6,8-11,13H,2-4,7,12,14H2,1H3,(H,24,27). The highest BCUT2D eigenvalue weighted by atomic mass is 32.2. The van der Waals surface area contributed by atoms with E-state index in [4.69, 9.17) is 0 Å². The predicted molar refractivity (Wildman–Crippen MR) is 110 cm³/mol. The van der Waals surface area contributed by atoms with Crippen LogP contribution in [0.5, 0.6) is 0 Å². The Kier molecular flexibility index (Phi) is 7.03. The van der Waals surface area contributed by atoms with Crippen LogP contribution in [0.4, 0.5) is 14.5 Å². The molecule has 0 aliphatic heterocycles. The molecule has 0 aliphatic rings. The Balaban J connectivity index is 1.67. The van der Waals surface area contributed by atoms with Crippen LogP contribution in [0.1, 0.15) is 32.6 Å². The molecule has 0 unspecified atom stereocenters. The van der Waals surface area contributed by atoms with Gasteiger partial charge in [-0.2, -0.15) is 0 Å². The minimum atomic E-state index is -0.987. The number of nitrogens with zero attached hydrogens (tertiary/aromatic N) is 2. The zero-order chi connectivity index (χ0) is 19.9. The average Bonchev–Trinajstić information content (AvgIpc) is 3.04. The largest absolute Gasteiger partial charge is 0.325 e. The van der Waals surface area contributed by atoms with E-state index in [-0.39, 0.29) is 17.3 Å². The Hall–Kier alpha value is -2.41. The summed E-state index contributed by atoms with van der Waals surface area (Å²) in [5, 5.41) is 3.38. The Bertz CT molecular complexity index is 958. The molecule has 0 atom stereocenters. The van der Waals surface area contributed by atoms with Gasteiger partial charge in [-0.3, -0.25) is 4.79 Å². The topological polar surface area (TPSA) is 46.9 Å². The minimum Gasteiger partial charge on any atom is -0.325 e. The molecule has 0 saturated carbocycles. The smallest absolute Gasteiger partial charge is 0.234 e. The maximum absolute atomic E-state index is 13.3. The van der Waals surface area contributed by atoms with E-state index in [1.807, 2.05) is 24.3 Å². The third kappa shape index (κ3) is 5.10. The number of hydrogen-bond donors (Lipinski definition) is 1. The van der Waals surface area contributed by atoms with Crippen molar-refractivity contribution in [3.63, 3.8) is 0 Å². The molecule has 0 fully saturated rings. The Labute approximate surface area is 167 Å². The summed E-state index contributed by atoms with van der Waals surface area (Å²) in [6, 6.07) is 11.2. The summed E-state index contributed by atoms with van der Waals surface area (Å²) < 4.78 is 28.4. The molecule has 1 heterocycles. The van der Waals surface area contributed by atoms with E-state index in [1.54, 1.807) is 0 Å². The van der Waals surface area contributed by atoms with Crippen molar-refractivity contribution in [1.29, 1.82) is 0 Å². The van der Waals surface area contributed by atoms with Crippen LogP contribution in [-0.2, 0) is 11.3 Å². The highest BCUT2D eigenvalue weighted by Gasteiger charge is 2.13. The van der Waals surface area contributed by atoms with Gasteiger partial charge in [0.05, 0.1) is 16.8 Å². The van der Waals surface area contributed by atoms with Gasteiger partial charge in [-0.15, -0.1) is 0 Å². The van der Waals surface area contributed by atoms with Gasteiger partial charge in [0.2, 0.25) is 5.91 Å². The average molecular weight is 403 g/mol. The van der Waals surface area contributed by atoms with E-state index in [0.29, 0.717) is 0 Å². The van der Waals surface area contributed by atoms with Gasteiger partial charge in [-0.1, -0.05) is 50.1 Å². The molecule has 1 N–H and O–H groups in total. The first-order valence-corrected chi connectivity index (χ1v) is 10.4. The molecule has 7 heteroatoms. The number of imidazole rings is 1. The lowest BCUT2D eigenvalue weighted by Crippen LogP contribution is -2.15. The SMILES string of the molecule is CCCCCCn1c(SCC(=O)Nc2ccc(F)c(F)c2)nc2ccccc21. The van der Waals surface area contributed by atoms with Crippen LogP contribution in [0.3, 0.4) is 0 Å². The van der Waals surface area contributed by atoms with Crippen molar-refractivity contribution < 1.29 is 13.6 Å². The number of carbonyl (C=O) groups is 1. The third-order valence-corrected chi connectivity index (χ3v) is 5.37. The number of para-hydroxylation sites is 2. The molecule has 1 aromatic heterocycles. The highest BCUT2D eigenvalue weighted by Crippen LogP contribution is 2.25. The Morgan fingerprint density at radius 1 is 1.11 bits per heavy atom. The maximum atomic E-state index is 13.3. The summed E-state index contributed by atoms with van der Waals surface area (Å²) in [5.74, 6) is -2.08. The molecule has 0 aliphatic carbocycles. The van der Waals surface area contributed by atoms with Crippen LogP contribution in [0.25, 0.3) is 11.0 Å². The molecular formula is C21H23F2N3OS. The number of fused-ring (bicyclic) bond motifs is 1. The van der Waals surface area contributed by atoms with Gasteiger partial charge in [-0.25, -0.2) is 13.8 Å². The van der Waals surface area contributed by atoms with Crippen molar-refractivity contribution in [2.75, 3.05) is 11.1 Å². The number of nitrogens with one attached hydrogen (secondary N) is 1. The van der Waals surface area contributed by atoms with Crippen LogP contribution < -0.4 is 5.32 Å². The lowest BCUT2D eigenvalue weighted by atomic mass is 10.2. The van der Waals surface area contributed by atoms with Gasteiger partial charge in [0, 0.05) is 18.3 Å². The third-order valence-electron chi connectivity index (χ3n) is 4.39. The summed E-state index contributed by atoms with van der Waals surface area (Å²) in [6.45, 7) is 3.03. The van der Waals surface area contributed by atoms with Crippen molar-refractivity contribution >= 4 is 34.4 Å². The maximum Gasteiger partial charge on any atom is 0.234 e. The fraction of sp³-hybridized carbons (Fsp3) is 0.333. The molecule has 4 nitrogen and oxygen atoms in total. The molecule has 0 spiro atoms. The number of halogens is 2. The van der Waals surface area contributed by atoms with Crippen molar-refractivity contribution in [2.45, 2.75) is 44.3 Å². The van der Waals surface area contributed by atoms with Gasteiger partial charge in [0.1, 0.15) is 0 Å². The Morgan fingerprint density at radius 2 is 1.93 bits per heavy atom. The van der Waals surface area contributed by atoms with Crippen LogP contribution in [0, 0.1) is 11.6 Å². The van der Waals surface area contributed by atoms with E-state index in [9.17, 15) is 13.6 Å². The number of amides is 1. The van der Waals surface area contributed by atoms with Crippen molar-refractivity contribution in [1.82, 2.24) is 9.55 Å². The van der Waals surface area contributed by atoms with Crippen LogP contribution in [-0.4, -0.2) is 21.2 Å². The molecule has 3 aromatic rings. The summed E-state index contributed by atoms with van der Waals surface area (Å²) in [4.78, 5) is 16.9. The van der Waals surface area contributed by atoms with E-state index in [1.165, 1.54) is 30.7 Å². The van der Waals surface area contributed by atoms with Crippen molar-refractivity contribution in [2.24, 2.45) is 0 Å². The number of carbonyl (C=O) groups excluding carboxylic acids is 1. The number of thioether (sulfide) groups is 1. The number of unbranched alkanes of at least 4 members (excludes halogenated alkanes) is 3. The van der Waals surface area contributed by atoms with Crippen LogP contribution >= 0.6 is 11.8 Å². The molecule has 1 amide bonds. The zero-order valence-electron chi connectivity index (χ0n) is 15.8. The van der Waals surface area contributed by atoms with E-state index >= 15 is 0 Å². The second kappa shape index (κ2) is 9.68. The first-order chi connectivity index (χ1) is 13.6. The molecule has 0 bridgehead atoms. The first-order valence-electron chi connectivity index (χ1n) is 9.41. The summed E-state index contributed by atoms with van der Waals surface area (Å²) in [5.41, 5.74) is 2.20. The second-order valence-corrected chi connectivity index (χ2v) is 7.50. The molecule has 0 saturated heterocycles. The quantitative estimate of drug-likeness (QED) is 0.372. The van der Waals surface area contributed by atoms with Gasteiger partial charge < -0.3 is 9.88 Å². The number of aromatic nitrogens is 2. The van der Waals surface area contributed by atoms with Crippen molar-refractivity contribution in [3.05, 3.63) is 54.1 Å². The minimum absolute atomic E-state index is 0.136. The fourth-order valence-corrected chi connectivity index (χ4v) is 3.82. The Morgan fingerprint density at radius 3 is 2.71 bits per heavy atom. The highest BCUT2D eigenvalue weighted by molar-refractivity contribution is 7.99. The van der Waals surface area contributed by atoms with E-state index in [2.05, 4.69) is 21.8 Å². The predicted octanol–water partition coefficient (Wildman–Crippen LogP) is 5.63. The lowest BCUT2D eigenvalue weighted by molar-refractivity contribution is -0.113. The van der Waals surface area contributed by atoms with Gasteiger partial charge in [0.25, 0.3) is 0 Å². The second-order valence-electron chi connectivity index (χ2n) is 6.56. The lowest BCUT2D eigenvalue weighted by Gasteiger charge is -2.09. The molecule has 2 aromatic carbocycles. The molecule has 0 radical (unpaired) electrons. The summed E-state index contributed by atoms with van der Waals surface area (Å²) in [6.07, 6.45) is 4.59. The molecular weight excluding hydrogens is 380 g/mol. The van der Waals surface area contributed by atoms with Gasteiger partial charge in [-0.05, 0) is 30.7 Å².